The zero-order chi connectivity index (χ0) is 27.1. The van der Waals surface area contributed by atoms with E-state index in [1.165, 1.54) is 0 Å². The van der Waals surface area contributed by atoms with Crippen molar-refractivity contribution in [3.63, 3.8) is 0 Å². The number of unbranched alkanes of at least 4 members (excludes halogenated alkanes) is 2. The molecule has 0 aromatic heterocycles. The number of carbonyl (C=O) groups excluding carboxylic acids is 3. The number of likely N-dealkylation sites (tertiary alicyclic amines) is 1. The van der Waals surface area contributed by atoms with Gasteiger partial charge in [-0.1, -0.05) is 12.2 Å². The molecule has 4 aliphatic heterocycles. The Morgan fingerprint density at radius 2 is 1.95 bits per heavy atom. The summed E-state index contributed by atoms with van der Waals surface area (Å²) in [6, 6.07) is -0.797. The second-order valence-corrected chi connectivity index (χ2v) is 10.6. The van der Waals surface area contributed by atoms with Crippen molar-refractivity contribution < 1.29 is 33.7 Å². The van der Waals surface area contributed by atoms with E-state index < -0.39 is 35.6 Å². The molecule has 38 heavy (non-hydrogen) atoms. The second-order valence-electron chi connectivity index (χ2n) is 10.6. The van der Waals surface area contributed by atoms with Gasteiger partial charge in [-0.2, -0.15) is 0 Å². The van der Waals surface area contributed by atoms with Gasteiger partial charge in [0.1, 0.15) is 11.6 Å². The fraction of sp³-hybridized carbons (Fsp3) is 0.750. The van der Waals surface area contributed by atoms with Gasteiger partial charge in [-0.3, -0.25) is 19.3 Å². The number of amides is 2. The van der Waals surface area contributed by atoms with Gasteiger partial charge < -0.3 is 29.1 Å². The average molecular weight is 534 g/mol. The summed E-state index contributed by atoms with van der Waals surface area (Å²) in [4.78, 5) is 47.0. The fourth-order valence-corrected chi connectivity index (χ4v) is 6.56. The standard InChI is InChI=1S/C28H43N3O7/c1-3-5-18-37-27(35)22-21-9-10-28(38-21)23(22)25(33)31(12-7-6-8-17-32)24(28)26(34)30(11-4-2)14-13-29-15-19-36-20-16-29/h3-4,21-24,32H,1-2,5-20H2/t21-,22+,23+,24?,28?/m1/s1. The minimum atomic E-state index is -1.03. The molecule has 2 unspecified atom stereocenters. The van der Waals surface area contributed by atoms with Crippen molar-refractivity contribution >= 4 is 17.8 Å². The fourth-order valence-electron chi connectivity index (χ4n) is 6.56. The number of morpholine rings is 1. The molecule has 0 radical (unpaired) electrons. The van der Waals surface area contributed by atoms with Gasteiger partial charge in [0.25, 0.3) is 0 Å². The number of hydrogen-bond acceptors (Lipinski definition) is 8. The zero-order valence-corrected chi connectivity index (χ0v) is 22.4. The first-order valence-corrected chi connectivity index (χ1v) is 14.0. The van der Waals surface area contributed by atoms with E-state index in [2.05, 4.69) is 18.1 Å². The maximum Gasteiger partial charge on any atom is 0.312 e. The lowest BCUT2D eigenvalue weighted by molar-refractivity contribution is -0.155. The van der Waals surface area contributed by atoms with Gasteiger partial charge in [-0.05, 0) is 38.5 Å². The molecule has 10 heteroatoms. The third kappa shape index (κ3) is 5.68. The summed E-state index contributed by atoms with van der Waals surface area (Å²) in [6.45, 7) is 12.8. The van der Waals surface area contributed by atoms with Crippen molar-refractivity contribution in [3.05, 3.63) is 25.3 Å². The predicted molar refractivity (Wildman–Crippen MR) is 140 cm³/mol. The van der Waals surface area contributed by atoms with Gasteiger partial charge in [0.2, 0.25) is 11.8 Å². The van der Waals surface area contributed by atoms with Gasteiger partial charge in [-0.25, -0.2) is 0 Å². The first-order valence-electron chi connectivity index (χ1n) is 14.0. The highest BCUT2D eigenvalue weighted by atomic mass is 16.6. The number of rotatable bonds is 15. The summed E-state index contributed by atoms with van der Waals surface area (Å²) in [5.74, 6) is -2.22. The van der Waals surface area contributed by atoms with Crippen LogP contribution in [-0.4, -0.2) is 121 Å². The quantitative estimate of drug-likeness (QED) is 0.189. The number of esters is 1. The molecule has 10 nitrogen and oxygen atoms in total. The number of aliphatic hydroxyl groups is 1. The molecule has 2 bridgehead atoms. The smallest absolute Gasteiger partial charge is 0.312 e. The first-order chi connectivity index (χ1) is 18.5. The normalized spacial score (nSPS) is 30.3. The molecule has 4 aliphatic rings. The van der Waals surface area contributed by atoms with E-state index in [1.54, 1.807) is 22.0 Å². The molecular weight excluding hydrogens is 490 g/mol. The van der Waals surface area contributed by atoms with E-state index in [4.69, 9.17) is 14.2 Å². The lowest BCUT2D eigenvalue weighted by atomic mass is 9.70. The van der Waals surface area contributed by atoms with Crippen molar-refractivity contribution in [2.45, 2.75) is 56.3 Å². The summed E-state index contributed by atoms with van der Waals surface area (Å²) in [6.07, 6.45) is 6.70. The van der Waals surface area contributed by atoms with Crippen LogP contribution in [0, 0.1) is 11.8 Å². The van der Waals surface area contributed by atoms with E-state index in [0.717, 1.165) is 19.5 Å². The first kappa shape index (κ1) is 28.7. The molecule has 4 fully saturated rings. The van der Waals surface area contributed by atoms with Crippen molar-refractivity contribution in [1.29, 1.82) is 0 Å². The monoisotopic (exact) mass is 533 g/mol. The van der Waals surface area contributed by atoms with E-state index >= 15 is 0 Å². The highest BCUT2D eigenvalue weighted by Crippen LogP contribution is 2.58. The Kier molecular flexibility index (Phi) is 9.97. The summed E-state index contributed by atoms with van der Waals surface area (Å²) in [5, 5.41) is 9.21. The summed E-state index contributed by atoms with van der Waals surface area (Å²) >= 11 is 0. The van der Waals surface area contributed by atoms with E-state index in [-0.39, 0.29) is 25.0 Å². The molecule has 0 aliphatic carbocycles. The maximum atomic E-state index is 14.3. The number of aliphatic hydroxyl groups excluding tert-OH is 1. The van der Waals surface area contributed by atoms with Crippen LogP contribution in [0.3, 0.4) is 0 Å². The minimum Gasteiger partial charge on any atom is -0.465 e. The zero-order valence-electron chi connectivity index (χ0n) is 22.4. The lowest BCUT2D eigenvalue weighted by Crippen LogP contribution is -2.57. The van der Waals surface area contributed by atoms with E-state index in [9.17, 15) is 19.5 Å². The summed E-state index contributed by atoms with van der Waals surface area (Å²) < 4.78 is 17.4. The van der Waals surface area contributed by atoms with E-state index in [1.807, 2.05) is 0 Å². The van der Waals surface area contributed by atoms with E-state index in [0.29, 0.717) is 71.5 Å². The Morgan fingerprint density at radius 3 is 2.66 bits per heavy atom. The van der Waals surface area contributed by atoms with Gasteiger partial charge >= 0.3 is 5.97 Å². The van der Waals surface area contributed by atoms with Crippen LogP contribution in [0.25, 0.3) is 0 Å². The third-order valence-electron chi connectivity index (χ3n) is 8.38. The highest BCUT2D eigenvalue weighted by molar-refractivity contribution is 5.98. The van der Waals surface area contributed by atoms with Gasteiger partial charge in [0, 0.05) is 45.9 Å². The maximum absolute atomic E-state index is 14.3. The van der Waals surface area contributed by atoms with Crippen molar-refractivity contribution in [1.82, 2.24) is 14.7 Å². The van der Waals surface area contributed by atoms with Crippen LogP contribution in [-0.2, 0) is 28.6 Å². The largest absolute Gasteiger partial charge is 0.465 e. The number of carbonyl (C=O) groups is 3. The molecule has 0 aromatic carbocycles. The Morgan fingerprint density at radius 1 is 1.16 bits per heavy atom. The van der Waals surface area contributed by atoms with Crippen LogP contribution in [0.5, 0.6) is 0 Å². The molecule has 2 amide bonds. The molecule has 4 heterocycles. The van der Waals surface area contributed by atoms with Crippen molar-refractivity contribution in [3.8, 4) is 0 Å². The Balaban J connectivity index is 1.57. The van der Waals surface area contributed by atoms with Gasteiger partial charge in [0.15, 0.2) is 0 Å². The van der Waals surface area contributed by atoms with Crippen LogP contribution in [0.2, 0.25) is 0 Å². The number of ether oxygens (including phenoxy) is 3. The summed E-state index contributed by atoms with van der Waals surface area (Å²) in [7, 11) is 0. The SMILES string of the molecule is C=CCCOC(=O)[C@@H]1[C@H]2C(=O)N(CCCCCO)C(C(=O)N(CC=C)CCN3CCOCC3)C23CC[C@H]1O3. The molecule has 1 spiro atoms. The van der Waals surface area contributed by atoms with Crippen molar-refractivity contribution in [2.24, 2.45) is 11.8 Å². The molecule has 0 aromatic rings. The number of fused-ring (bicyclic) bond motifs is 1. The van der Waals surface area contributed by atoms with Gasteiger partial charge in [0.05, 0.1) is 37.8 Å². The van der Waals surface area contributed by atoms with Crippen molar-refractivity contribution in [2.75, 3.05) is 65.7 Å². The third-order valence-corrected chi connectivity index (χ3v) is 8.38. The Labute approximate surface area is 225 Å². The van der Waals surface area contributed by atoms with Crippen LogP contribution in [0.1, 0.15) is 38.5 Å². The number of nitrogens with zero attached hydrogens (tertiary/aromatic N) is 3. The van der Waals surface area contributed by atoms with Crippen LogP contribution in [0.4, 0.5) is 0 Å². The molecule has 1 N–H and O–H groups in total. The van der Waals surface area contributed by atoms with Gasteiger partial charge in [-0.15, -0.1) is 13.2 Å². The minimum absolute atomic E-state index is 0.0843. The van der Waals surface area contributed by atoms with Crippen LogP contribution < -0.4 is 0 Å². The molecule has 212 valence electrons. The topological polar surface area (TPSA) is 109 Å². The highest BCUT2D eigenvalue weighted by Gasteiger charge is 2.75. The van der Waals surface area contributed by atoms with Crippen LogP contribution >= 0.6 is 0 Å². The molecule has 4 rings (SSSR count). The van der Waals surface area contributed by atoms with Crippen LogP contribution in [0.15, 0.2) is 25.3 Å². The Bertz CT molecular complexity index is 877. The predicted octanol–water partition coefficient (Wildman–Crippen LogP) is 0.990. The number of hydrogen-bond donors (Lipinski definition) is 1. The average Bonchev–Trinajstić information content (AvgIpc) is 3.57. The molecule has 0 saturated carbocycles. The molecule has 5 atom stereocenters. The Hall–Kier alpha value is -2.27. The molecule has 4 saturated heterocycles. The second kappa shape index (κ2) is 13.2. The summed E-state index contributed by atoms with van der Waals surface area (Å²) in [5.41, 5.74) is -1.03. The lowest BCUT2D eigenvalue weighted by Gasteiger charge is -2.37. The molecular formula is C28H43N3O7.